The molecule has 1 amide bonds. The average molecular weight is 367 g/mol. The number of carbonyl (C=O) groups is 2. The van der Waals surface area contributed by atoms with Crippen LogP contribution in [0.3, 0.4) is 0 Å². The maximum atomic E-state index is 14.0. The first-order valence-corrected chi connectivity index (χ1v) is 7.74. The number of amides is 1. The topological polar surface area (TPSA) is 60.9 Å². The highest BCUT2D eigenvalue weighted by atomic mass is 35.5. The molecule has 0 bridgehead atoms. The van der Waals surface area contributed by atoms with Gasteiger partial charge in [0.05, 0.1) is 0 Å². The van der Waals surface area contributed by atoms with Crippen LogP contribution in [0, 0.1) is 11.6 Å². The van der Waals surface area contributed by atoms with Crippen LogP contribution in [0.5, 0.6) is 0 Å². The summed E-state index contributed by atoms with van der Waals surface area (Å²) in [6.45, 7) is -0.218. The summed E-state index contributed by atoms with van der Waals surface area (Å²) in [5, 5.41) is 11.3. The van der Waals surface area contributed by atoms with Crippen LogP contribution >= 0.6 is 11.6 Å². The molecule has 1 aliphatic rings. The van der Waals surface area contributed by atoms with E-state index < -0.39 is 35.3 Å². The van der Waals surface area contributed by atoms with Crippen LogP contribution in [0.1, 0.15) is 22.1 Å². The van der Waals surface area contributed by atoms with Gasteiger partial charge in [0.2, 0.25) is 0 Å². The van der Waals surface area contributed by atoms with Crippen molar-refractivity contribution in [1.29, 1.82) is 0 Å². The van der Waals surface area contributed by atoms with Crippen molar-refractivity contribution in [2.45, 2.75) is 12.2 Å². The fourth-order valence-electron chi connectivity index (χ4n) is 2.85. The Hall–Kier alpha value is -2.35. The van der Waals surface area contributed by atoms with Crippen LogP contribution in [0.4, 0.5) is 8.78 Å². The molecule has 1 aliphatic heterocycles. The zero-order chi connectivity index (χ0) is 18.1. The zero-order valence-corrected chi connectivity index (χ0v) is 13.5. The van der Waals surface area contributed by atoms with E-state index in [0.29, 0.717) is 21.9 Å². The minimum Gasteiger partial charge on any atom is -0.314 e. The van der Waals surface area contributed by atoms with Crippen molar-refractivity contribution in [2.75, 3.05) is 6.54 Å². The van der Waals surface area contributed by atoms with E-state index in [1.165, 1.54) is 6.07 Å². The van der Waals surface area contributed by atoms with Gasteiger partial charge in [0.1, 0.15) is 35.7 Å². The molecule has 2 unspecified atom stereocenters. The van der Waals surface area contributed by atoms with Gasteiger partial charge in [0, 0.05) is 11.6 Å². The number of hydrogen-bond donors (Lipinski definition) is 1. The molecule has 130 valence electrons. The van der Waals surface area contributed by atoms with Crippen molar-refractivity contribution in [3.63, 3.8) is 0 Å². The number of aldehydes is 1. The Morgan fingerprint density at radius 1 is 1.20 bits per heavy atom. The first-order valence-electron chi connectivity index (χ1n) is 7.37. The summed E-state index contributed by atoms with van der Waals surface area (Å²) >= 11 is 5.94. The van der Waals surface area contributed by atoms with Gasteiger partial charge in [-0.2, -0.15) is 5.06 Å². The molecule has 2 atom stereocenters. The van der Waals surface area contributed by atoms with E-state index in [1.807, 2.05) is 0 Å². The molecule has 5 nitrogen and oxygen atoms in total. The molecule has 0 spiro atoms. The molecule has 0 aliphatic carbocycles. The quantitative estimate of drug-likeness (QED) is 0.848. The van der Waals surface area contributed by atoms with Gasteiger partial charge < -0.3 is 14.9 Å². The van der Waals surface area contributed by atoms with Crippen LogP contribution in [-0.2, 0) is 4.79 Å². The SMILES string of the molecule is O=CC1CN(C(=O)c2c(F)cccc2F)C(c2cccc(Cl)c2)N1O. The molecule has 0 radical (unpaired) electrons. The number of hydrogen-bond acceptors (Lipinski definition) is 4. The van der Waals surface area contributed by atoms with E-state index in [0.717, 1.165) is 23.1 Å². The largest absolute Gasteiger partial charge is 0.314 e. The van der Waals surface area contributed by atoms with Crippen LogP contribution < -0.4 is 0 Å². The predicted octanol–water partition coefficient (Wildman–Crippen LogP) is 3.03. The van der Waals surface area contributed by atoms with E-state index in [2.05, 4.69) is 0 Å². The lowest BCUT2D eigenvalue weighted by molar-refractivity contribution is -0.154. The van der Waals surface area contributed by atoms with Crippen molar-refractivity contribution in [1.82, 2.24) is 9.96 Å². The van der Waals surface area contributed by atoms with Crippen molar-refractivity contribution in [3.05, 3.63) is 70.2 Å². The van der Waals surface area contributed by atoms with E-state index in [9.17, 15) is 23.6 Å². The molecule has 3 rings (SSSR count). The smallest absolute Gasteiger partial charge is 0.261 e. The van der Waals surface area contributed by atoms with Gasteiger partial charge in [0.15, 0.2) is 0 Å². The van der Waals surface area contributed by atoms with Gasteiger partial charge in [-0.05, 0) is 29.8 Å². The maximum Gasteiger partial charge on any atom is 0.261 e. The molecular weight excluding hydrogens is 354 g/mol. The summed E-state index contributed by atoms with van der Waals surface area (Å²) in [5.41, 5.74) is -0.334. The van der Waals surface area contributed by atoms with Crippen molar-refractivity contribution in [2.24, 2.45) is 0 Å². The van der Waals surface area contributed by atoms with Crippen molar-refractivity contribution in [3.8, 4) is 0 Å². The molecule has 0 aromatic heterocycles. The summed E-state index contributed by atoms with van der Waals surface area (Å²) in [6, 6.07) is 8.34. The van der Waals surface area contributed by atoms with Gasteiger partial charge in [0.25, 0.3) is 5.91 Å². The molecule has 8 heteroatoms. The third-order valence-corrected chi connectivity index (χ3v) is 4.25. The second kappa shape index (κ2) is 6.87. The van der Waals surface area contributed by atoms with E-state index in [-0.39, 0.29) is 6.54 Å². The Bertz CT molecular complexity index is 813. The molecule has 25 heavy (non-hydrogen) atoms. The number of nitrogens with zero attached hydrogens (tertiary/aromatic N) is 2. The molecule has 1 saturated heterocycles. The Kier molecular flexibility index (Phi) is 4.80. The van der Waals surface area contributed by atoms with Crippen molar-refractivity contribution < 1.29 is 23.6 Å². The van der Waals surface area contributed by atoms with E-state index in [4.69, 9.17) is 11.6 Å². The Balaban J connectivity index is 2.06. The molecule has 0 saturated carbocycles. The number of hydroxylamine groups is 2. The molecule has 2 aromatic rings. The van der Waals surface area contributed by atoms with Crippen molar-refractivity contribution >= 4 is 23.8 Å². The molecular formula is C17H13ClF2N2O3. The standard InChI is InChI=1S/C17H13ClF2N2O3/c18-11-4-1-3-10(7-11)16-21(8-12(9-23)22(16)25)17(24)15-13(19)5-2-6-14(15)20/h1-7,9,12,16,25H,8H2. The lowest BCUT2D eigenvalue weighted by Crippen LogP contribution is -2.35. The van der Waals surface area contributed by atoms with Gasteiger partial charge in [-0.3, -0.25) is 4.79 Å². The minimum absolute atomic E-state index is 0.218. The van der Waals surface area contributed by atoms with Gasteiger partial charge in [-0.25, -0.2) is 8.78 Å². The Morgan fingerprint density at radius 2 is 1.84 bits per heavy atom. The maximum absolute atomic E-state index is 14.0. The van der Waals surface area contributed by atoms with E-state index >= 15 is 0 Å². The number of rotatable bonds is 3. The first kappa shape index (κ1) is 17.5. The number of benzene rings is 2. The second-order valence-corrected chi connectivity index (χ2v) is 6.00. The summed E-state index contributed by atoms with van der Waals surface area (Å²) in [5.74, 6) is -3.01. The molecule has 1 fully saturated rings. The highest BCUT2D eigenvalue weighted by Crippen LogP contribution is 2.34. The third-order valence-electron chi connectivity index (χ3n) is 4.01. The lowest BCUT2D eigenvalue weighted by Gasteiger charge is -2.27. The minimum atomic E-state index is -1.10. The second-order valence-electron chi connectivity index (χ2n) is 5.57. The lowest BCUT2D eigenvalue weighted by atomic mass is 10.1. The Morgan fingerprint density at radius 3 is 2.44 bits per heavy atom. The molecule has 1 heterocycles. The van der Waals surface area contributed by atoms with Gasteiger partial charge in [-0.15, -0.1) is 0 Å². The van der Waals surface area contributed by atoms with Gasteiger partial charge >= 0.3 is 0 Å². The van der Waals surface area contributed by atoms with Crippen LogP contribution in [0.2, 0.25) is 5.02 Å². The highest BCUT2D eigenvalue weighted by Gasteiger charge is 2.43. The van der Waals surface area contributed by atoms with Crippen LogP contribution in [0.25, 0.3) is 0 Å². The number of halogens is 3. The Labute approximate surface area is 147 Å². The summed E-state index contributed by atoms with van der Waals surface area (Å²) < 4.78 is 27.9. The number of carbonyl (C=O) groups excluding carboxylic acids is 2. The summed E-state index contributed by atoms with van der Waals surface area (Å²) in [4.78, 5) is 24.9. The monoisotopic (exact) mass is 366 g/mol. The summed E-state index contributed by atoms with van der Waals surface area (Å²) in [7, 11) is 0. The van der Waals surface area contributed by atoms with Crippen LogP contribution in [-0.4, -0.2) is 40.0 Å². The fraction of sp³-hybridized carbons (Fsp3) is 0.176. The van der Waals surface area contributed by atoms with Crippen LogP contribution in [0.15, 0.2) is 42.5 Å². The van der Waals surface area contributed by atoms with Gasteiger partial charge in [-0.1, -0.05) is 29.8 Å². The summed E-state index contributed by atoms with van der Waals surface area (Å²) in [6.07, 6.45) is -0.636. The van der Waals surface area contributed by atoms with E-state index in [1.54, 1.807) is 18.2 Å². The fourth-order valence-corrected chi connectivity index (χ4v) is 3.05. The average Bonchev–Trinajstić information content (AvgIpc) is 2.91. The first-order chi connectivity index (χ1) is 11.9. The zero-order valence-electron chi connectivity index (χ0n) is 12.8. The highest BCUT2D eigenvalue weighted by molar-refractivity contribution is 6.30. The molecule has 1 N–H and O–H groups in total. The molecule has 2 aromatic carbocycles. The predicted molar refractivity (Wildman–Crippen MR) is 85.1 cm³/mol. The third kappa shape index (κ3) is 3.13. The normalized spacial score (nSPS) is 20.7.